The van der Waals surface area contributed by atoms with Gasteiger partial charge in [0.25, 0.3) is 0 Å². The molecule has 0 aliphatic rings. The summed E-state index contributed by atoms with van der Waals surface area (Å²) >= 11 is 6.11. The van der Waals surface area contributed by atoms with E-state index >= 15 is 0 Å². The minimum Gasteiger partial charge on any atom is -0.332 e. The second-order valence-corrected chi connectivity index (χ2v) is 9.76. The molecule has 0 bridgehead atoms. The summed E-state index contributed by atoms with van der Waals surface area (Å²) in [6.45, 7) is 2.24. The van der Waals surface area contributed by atoms with E-state index in [-0.39, 0.29) is 12.5 Å². The Hall–Kier alpha value is -2.83. The molecule has 0 fully saturated rings. The van der Waals surface area contributed by atoms with E-state index in [1.165, 1.54) is 0 Å². The zero-order chi connectivity index (χ0) is 22.4. The molecule has 0 aliphatic heterocycles. The molecule has 1 amide bonds. The minimum atomic E-state index is -3.70. The van der Waals surface area contributed by atoms with E-state index in [9.17, 15) is 13.2 Å². The number of halogens is 1. The molecule has 3 aromatic rings. The van der Waals surface area contributed by atoms with Crippen LogP contribution in [0, 0.1) is 6.92 Å². The van der Waals surface area contributed by atoms with E-state index in [0.29, 0.717) is 23.8 Å². The van der Waals surface area contributed by atoms with E-state index in [4.69, 9.17) is 11.6 Å². The number of sulfonamides is 1. The first kappa shape index (κ1) is 22.8. The maximum atomic E-state index is 13.4. The Morgan fingerprint density at radius 2 is 1.39 bits per heavy atom. The first-order valence-electron chi connectivity index (χ1n) is 9.83. The van der Waals surface area contributed by atoms with Gasteiger partial charge in [0, 0.05) is 18.1 Å². The van der Waals surface area contributed by atoms with Crippen molar-refractivity contribution in [1.82, 2.24) is 4.90 Å². The van der Waals surface area contributed by atoms with Gasteiger partial charge in [-0.1, -0.05) is 78.3 Å². The summed E-state index contributed by atoms with van der Waals surface area (Å²) < 4.78 is 26.3. The minimum absolute atomic E-state index is 0.294. The molecule has 0 atom stereocenters. The quantitative estimate of drug-likeness (QED) is 0.496. The summed E-state index contributed by atoms with van der Waals surface area (Å²) in [5.74, 6) is -0.294. The van der Waals surface area contributed by atoms with Crippen molar-refractivity contribution in [2.45, 2.75) is 20.0 Å². The van der Waals surface area contributed by atoms with Crippen LogP contribution in [-0.2, 0) is 27.9 Å². The van der Waals surface area contributed by atoms with Gasteiger partial charge in [-0.2, -0.15) is 0 Å². The maximum Gasteiger partial charge on any atom is 0.243 e. The lowest BCUT2D eigenvalue weighted by Crippen LogP contribution is -2.42. The van der Waals surface area contributed by atoms with Gasteiger partial charge in [0.05, 0.1) is 11.9 Å². The molecule has 31 heavy (non-hydrogen) atoms. The molecule has 7 heteroatoms. The molecule has 0 unspecified atom stereocenters. The SMILES string of the molecule is Cc1ccc(Cl)cc1N(CC(=O)N(Cc1ccccc1)Cc1ccccc1)S(C)(=O)=O. The van der Waals surface area contributed by atoms with E-state index in [1.54, 1.807) is 30.0 Å². The monoisotopic (exact) mass is 456 g/mol. The van der Waals surface area contributed by atoms with Gasteiger partial charge in [0.15, 0.2) is 0 Å². The van der Waals surface area contributed by atoms with E-state index in [1.807, 2.05) is 60.7 Å². The van der Waals surface area contributed by atoms with Crippen LogP contribution in [-0.4, -0.2) is 32.0 Å². The lowest BCUT2D eigenvalue weighted by atomic mass is 10.1. The van der Waals surface area contributed by atoms with Gasteiger partial charge in [-0.3, -0.25) is 9.10 Å². The smallest absolute Gasteiger partial charge is 0.243 e. The lowest BCUT2D eigenvalue weighted by molar-refractivity contribution is -0.130. The van der Waals surface area contributed by atoms with E-state index < -0.39 is 10.0 Å². The predicted octanol–water partition coefficient (Wildman–Crippen LogP) is 4.64. The number of nitrogens with zero attached hydrogens (tertiary/aromatic N) is 2. The topological polar surface area (TPSA) is 57.7 Å². The van der Waals surface area contributed by atoms with Crippen LogP contribution in [0.2, 0.25) is 5.02 Å². The predicted molar refractivity (Wildman–Crippen MR) is 126 cm³/mol. The third kappa shape index (κ3) is 6.32. The average molecular weight is 457 g/mol. The van der Waals surface area contributed by atoms with Crippen LogP contribution in [0.3, 0.4) is 0 Å². The van der Waals surface area contributed by atoms with Crippen LogP contribution in [0.25, 0.3) is 0 Å². The number of hydrogen-bond donors (Lipinski definition) is 0. The first-order chi connectivity index (χ1) is 14.7. The van der Waals surface area contributed by atoms with Crippen LogP contribution >= 0.6 is 11.6 Å². The largest absolute Gasteiger partial charge is 0.332 e. The molecule has 0 aromatic heterocycles. The molecule has 0 radical (unpaired) electrons. The molecule has 0 saturated carbocycles. The van der Waals surface area contributed by atoms with Crippen LogP contribution in [0.5, 0.6) is 0 Å². The zero-order valence-corrected chi connectivity index (χ0v) is 19.1. The van der Waals surface area contributed by atoms with Crippen LogP contribution in [0.4, 0.5) is 5.69 Å². The Balaban J connectivity index is 1.91. The number of benzene rings is 3. The Labute approximate surface area is 188 Å². The Morgan fingerprint density at radius 3 is 1.87 bits per heavy atom. The summed E-state index contributed by atoms with van der Waals surface area (Å²) in [5, 5.41) is 0.409. The summed E-state index contributed by atoms with van der Waals surface area (Å²) in [4.78, 5) is 15.0. The van der Waals surface area contributed by atoms with Crippen molar-refractivity contribution in [1.29, 1.82) is 0 Å². The number of anilines is 1. The van der Waals surface area contributed by atoms with Crippen LogP contribution in [0.1, 0.15) is 16.7 Å². The highest BCUT2D eigenvalue weighted by molar-refractivity contribution is 7.92. The number of amides is 1. The molecule has 0 N–H and O–H groups in total. The zero-order valence-electron chi connectivity index (χ0n) is 17.5. The second-order valence-electron chi connectivity index (χ2n) is 7.42. The van der Waals surface area contributed by atoms with Crippen LogP contribution in [0.15, 0.2) is 78.9 Å². The van der Waals surface area contributed by atoms with Gasteiger partial charge in [-0.25, -0.2) is 8.42 Å². The van der Waals surface area contributed by atoms with Crippen molar-refractivity contribution >= 4 is 33.2 Å². The third-order valence-corrected chi connectivity index (χ3v) is 6.27. The van der Waals surface area contributed by atoms with Gasteiger partial charge in [0.2, 0.25) is 15.9 Å². The highest BCUT2D eigenvalue weighted by atomic mass is 35.5. The normalized spacial score (nSPS) is 11.2. The second kappa shape index (κ2) is 9.98. The van der Waals surface area contributed by atoms with Gasteiger partial charge in [0.1, 0.15) is 6.54 Å². The van der Waals surface area contributed by atoms with Crippen molar-refractivity contribution in [2.75, 3.05) is 17.1 Å². The standard InChI is InChI=1S/C24H25ClN2O3S/c1-19-13-14-22(25)15-23(19)27(31(2,29)30)18-24(28)26(16-20-9-5-3-6-10-20)17-21-11-7-4-8-12-21/h3-15H,16-18H2,1-2H3. The lowest BCUT2D eigenvalue weighted by Gasteiger charge is -2.28. The molecular weight excluding hydrogens is 432 g/mol. The van der Waals surface area contributed by atoms with Gasteiger partial charge in [-0.05, 0) is 35.7 Å². The number of aryl methyl sites for hydroxylation is 1. The Morgan fingerprint density at radius 1 is 0.871 bits per heavy atom. The van der Waals surface area contributed by atoms with Crippen LogP contribution < -0.4 is 4.31 Å². The fourth-order valence-corrected chi connectivity index (χ4v) is 4.36. The molecular formula is C24H25ClN2O3S. The highest BCUT2D eigenvalue weighted by Gasteiger charge is 2.25. The molecule has 0 spiro atoms. The van der Waals surface area contributed by atoms with Gasteiger partial charge >= 0.3 is 0 Å². The number of hydrogen-bond acceptors (Lipinski definition) is 3. The summed E-state index contributed by atoms with van der Waals surface area (Å²) in [6.07, 6.45) is 1.10. The maximum absolute atomic E-state index is 13.4. The summed E-state index contributed by atoms with van der Waals surface area (Å²) in [7, 11) is -3.70. The molecule has 0 saturated heterocycles. The number of carbonyl (C=O) groups is 1. The first-order valence-corrected chi connectivity index (χ1v) is 12.1. The third-order valence-electron chi connectivity index (χ3n) is 4.90. The van der Waals surface area contributed by atoms with Crippen molar-refractivity contribution in [3.8, 4) is 0 Å². The fourth-order valence-electron chi connectivity index (χ4n) is 3.30. The molecule has 162 valence electrons. The number of carbonyl (C=O) groups excluding carboxylic acids is 1. The molecule has 0 heterocycles. The fraction of sp³-hybridized carbons (Fsp3) is 0.208. The average Bonchev–Trinajstić information content (AvgIpc) is 2.74. The van der Waals surface area contributed by atoms with Gasteiger partial charge in [-0.15, -0.1) is 0 Å². The number of rotatable bonds is 8. The summed E-state index contributed by atoms with van der Waals surface area (Å²) in [6, 6.07) is 24.3. The molecule has 5 nitrogen and oxygen atoms in total. The van der Waals surface area contributed by atoms with Crippen molar-refractivity contribution < 1.29 is 13.2 Å². The summed E-state index contributed by atoms with van der Waals surface area (Å²) in [5.41, 5.74) is 3.07. The highest BCUT2D eigenvalue weighted by Crippen LogP contribution is 2.26. The Bertz CT molecular complexity index is 1090. The van der Waals surface area contributed by atoms with Crippen molar-refractivity contribution in [3.63, 3.8) is 0 Å². The van der Waals surface area contributed by atoms with E-state index in [0.717, 1.165) is 27.3 Å². The molecule has 3 aromatic carbocycles. The van der Waals surface area contributed by atoms with Gasteiger partial charge < -0.3 is 4.90 Å². The molecule has 3 rings (SSSR count). The molecule has 0 aliphatic carbocycles. The van der Waals surface area contributed by atoms with E-state index in [2.05, 4.69) is 0 Å². The van der Waals surface area contributed by atoms with Crippen molar-refractivity contribution in [2.24, 2.45) is 0 Å². The van der Waals surface area contributed by atoms with Crippen molar-refractivity contribution in [3.05, 3.63) is 101 Å². The Kier molecular flexibility index (Phi) is 7.36.